The molecule has 1 amide bonds. The molecule has 7 heteroatoms. The maximum absolute atomic E-state index is 13.6. The van der Waals surface area contributed by atoms with Crippen LogP contribution in [0.4, 0.5) is 10.2 Å². The second-order valence-corrected chi connectivity index (χ2v) is 8.19. The number of pyridine rings is 1. The zero-order valence-electron chi connectivity index (χ0n) is 19.1. The molecule has 3 heterocycles. The van der Waals surface area contributed by atoms with Gasteiger partial charge in [-0.05, 0) is 67.4 Å². The minimum atomic E-state index is -0.314. The quantitative estimate of drug-likeness (QED) is 0.380. The first kappa shape index (κ1) is 21.6. The van der Waals surface area contributed by atoms with Gasteiger partial charge in [0.2, 0.25) is 0 Å². The van der Waals surface area contributed by atoms with E-state index < -0.39 is 0 Å². The van der Waals surface area contributed by atoms with Gasteiger partial charge in [-0.3, -0.25) is 9.69 Å². The van der Waals surface area contributed by atoms with Crippen LogP contribution in [0.5, 0.6) is 5.75 Å². The van der Waals surface area contributed by atoms with Crippen molar-refractivity contribution in [1.82, 2.24) is 14.5 Å². The Labute approximate surface area is 197 Å². The van der Waals surface area contributed by atoms with Gasteiger partial charge in [-0.15, -0.1) is 0 Å². The van der Waals surface area contributed by atoms with E-state index in [-0.39, 0.29) is 17.8 Å². The van der Waals surface area contributed by atoms with Crippen molar-refractivity contribution in [2.45, 2.75) is 19.9 Å². The van der Waals surface area contributed by atoms with Gasteiger partial charge in [-0.25, -0.2) is 14.4 Å². The number of nitrogens with zero attached hydrogens (tertiary/aromatic N) is 4. The maximum Gasteiger partial charge on any atom is 0.260 e. The fourth-order valence-electron chi connectivity index (χ4n) is 4.25. The third kappa shape index (κ3) is 3.75. The third-order valence-corrected chi connectivity index (χ3v) is 6.00. The number of anilines is 1. The molecule has 1 aliphatic heterocycles. The normalized spacial score (nSPS) is 15.0. The predicted molar refractivity (Wildman–Crippen MR) is 129 cm³/mol. The molecular weight excluding hydrogens is 431 g/mol. The minimum Gasteiger partial charge on any atom is -0.495 e. The molecule has 0 bridgehead atoms. The first-order valence-electron chi connectivity index (χ1n) is 10.9. The van der Waals surface area contributed by atoms with Crippen molar-refractivity contribution in [3.05, 3.63) is 102 Å². The summed E-state index contributed by atoms with van der Waals surface area (Å²) in [6.07, 6.45) is 7.19. The molecule has 2 aromatic carbocycles. The highest BCUT2D eigenvalue weighted by Crippen LogP contribution is 2.41. The van der Waals surface area contributed by atoms with Crippen molar-refractivity contribution >= 4 is 23.4 Å². The molecule has 170 valence electrons. The van der Waals surface area contributed by atoms with Gasteiger partial charge in [0.1, 0.15) is 17.4 Å². The molecule has 0 saturated heterocycles. The summed E-state index contributed by atoms with van der Waals surface area (Å²) in [7, 11) is 1.62. The number of hydrogen-bond acceptors (Lipinski definition) is 4. The van der Waals surface area contributed by atoms with E-state index in [0.29, 0.717) is 17.1 Å². The van der Waals surface area contributed by atoms with E-state index in [1.54, 1.807) is 36.7 Å². The SMILES string of the molecule is COc1cc(C=C2C(=O)N(C(C)c3ccc(F)cc3)c3ncccc32)ccc1-n1cnc(C)c1. The Bertz CT molecular complexity index is 1410. The Kier molecular flexibility index (Phi) is 5.45. The fourth-order valence-corrected chi connectivity index (χ4v) is 4.25. The summed E-state index contributed by atoms with van der Waals surface area (Å²) in [6.45, 7) is 3.84. The van der Waals surface area contributed by atoms with Crippen LogP contribution in [0.1, 0.15) is 35.3 Å². The average molecular weight is 455 g/mol. The van der Waals surface area contributed by atoms with Crippen molar-refractivity contribution in [1.29, 1.82) is 0 Å². The predicted octanol–water partition coefficient (Wildman–Crippen LogP) is 5.37. The second kappa shape index (κ2) is 8.59. The third-order valence-electron chi connectivity index (χ3n) is 6.00. The van der Waals surface area contributed by atoms with E-state index in [1.807, 2.05) is 61.0 Å². The van der Waals surface area contributed by atoms with Gasteiger partial charge in [-0.1, -0.05) is 18.2 Å². The number of imidazole rings is 1. The molecule has 6 nitrogen and oxygen atoms in total. The van der Waals surface area contributed by atoms with Crippen LogP contribution in [0, 0.1) is 12.7 Å². The summed E-state index contributed by atoms with van der Waals surface area (Å²) in [4.78, 5) is 24.0. The summed E-state index contributed by atoms with van der Waals surface area (Å²) in [5.74, 6) is 0.790. The molecule has 0 aliphatic carbocycles. The largest absolute Gasteiger partial charge is 0.495 e. The zero-order chi connectivity index (χ0) is 23.8. The molecule has 34 heavy (non-hydrogen) atoms. The Balaban J connectivity index is 1.54. The van der Waals surface area contributed by atoms with Gasteiger partial charge in [0.05, 0.1) is 36.4 Å². The number of halogens is 1. The van der Waals surface area contributed by atoms with Crippen molar-refractivity contribution in [2.24, 2.45) is 0 Å². The molecule has 1 atom stereocenters. The summed E-state index contributed by atoms with van der Waals surface area (Å²) in [5.41, 5.74) is 4.72. The Morgan fingerprint density at radius 2 is 1.88 bits per heavy atom. The van der Waals surface area contributed by atoms with Gasteiger partial charge in [0, 0.05) is 18.0 Å². The van der Waals surface area contributed by atoms with Gasteiger partial charge in [0.25, 0.3) is 5.91 Å². The number of aromatic nitrogens is 3. The van der Waals surface area contributed by atoms with Crippen LogP contribution in [0.15, 0.2) is 73.3 Å². The summed E-state index contributed by atoms with van der Waals surface area (Å²) in [6, 6.07) is 15.4. The molecule has 0 radical (unpaired) electrons. The molecule has 1 aliphatic rings. The number of ether oxygens (including phenoxy) is 1. The molecule has 4 aromatic rings. The van der Waals surface area contributed by atoms with Gasteiger partial charge in [0.15, 0.2) is 0 Å². The second-order valence-electron chi connectivity index (χ2n) is 8.19. The van der Waals surface area contributed by atoms with Crippen LogP contribution < -0.4 is 9.64 Å². The molecule has 5 rings (SSSR count). The number of fused-ring (bicyclic) bond motifs is 1. The Hall–Kier alpha value is -4.26. The average Bonchev–Trinajstić information content (AvgIpc) is 3.40. The van der Waals surface area contributed by atoms with Crippen LogP contribution in [0.3, 0.4) is 0 Å². The number of benzene rings is 2. The molecule has 2 aromatic heterocycles. The van der Waals surface area contributed by atoms with Crippen molar-refractivity contribution < 1.29 is 13.9 Å². The fraction of sp³-hybridized carbons (Fsp3) is 0.148. The first-order valence-corrected chi connectivity index (χ1v) is 10.9. The van der Waals surface area contributed by atoms with Gasteiger partial charge < -0.3 is 9.30 Å². The number of methoxy groups -OCH3 is 1. The summed E-state index contributed by atoms with van der Waals surface area (Å²) in [5, 5.41) is 0. The number of carbonyl (C=O) groups excluding carboxylic acids is 1. The number of hydrogen-bond donors (Lipinski definition) is 0. The lowest BCUT2D eigenvalue weighted by Crippen LogP contribution is -2.30. The van der Waals surface area contributed by atoms with E-state index in [1.165, 1.54) is 12.1 Å². The summed E-state index contributed by atoms with van der Waals surface area (Å²) < 4.78 is 21.0. The van der Waals surface area contributed by atoms with Crippen LogP contribution in [-0.4, -0.2) is 27.6 Å². The van der Waals surface area contributed by atoms with Crippen LogP contribution in [0.2, 0.25) is 0 Å². The topological polar surface area (TPSA) is 60.2 Å². The molecule has 0 fully saturated rings. The summed E-state index contributed by atoms with van der Waals surface area (Å²) >= 11 is 0. The van der Waals surface area contributed by atoms with E-state index in [0.717, 1.165) is 28.1 Å². The van der Waals surface area contributed by atoms with Crippen LogP contribution in [0.25, 0.3) is 17.3 Å². The van der Waals surface area contributed by atoms with E-state index in [4.69, 9.17) is 4.74 Å². The maximum atomic E-state index is 13.6. The number of carbonyl (C=O) groups is 1. The Morgan fingerprint density at radius 1 is 1.09 bits per heavy atom. The van der Waals surface area contributed by atoms with Gasteiger partial charge in [-0.2, -0.15) is 0 Å². The minimum absolute atomic E-state index is 0.154. The van der Waals surface area contributed by atoms with Crippen LogP contribution in [-0.2, 0) is 4.79 Å². The molecule has 0 N–H and O–H groups in total. The van der Waals surface area contributed by atoms with Crippen molar-refractivity contribution in [3.8, 4) is 11.4 Å². The lowest BCUT2D eigenvalue weighted by molar-refractivity contribution is -0.113. The van der Waals surface area contributed by atoms with Gasteiger partial charge >= 0.3 is 0 Å². The van der Waals surface area contributed by atoms with E-state index in [9.17, 15) is 9.18 Å². The van der Waals surface area contributed by atoms with Crippen molar-refractivity contribution in [3.63, 3.8) is 0 Å². The smallest absolute Gasteiger partial charge is 0.260 e. The first-order chi connectivity index (χ1) is 16.5. The monoisotopic (exact) mass is 454 g/mol. The van der Waals surface area contributed by atoms with E-state index in [2.05, 4.69) is 9.97 Å². The Morgan fingerprint density at radius 3 is 2.59 bits per heavy atom. The molecule has 0 saturated carbocycles. The highest BCUT2D eigenvalue weighted by Gasteiger charge is 2.37. The van der Waals surface area contributed by atoms with E-state index >= 15 is 0 Å². The lowest BCUT2D eigenvalue weighted by atomic mass is 10.0. The number of rotatable bonds is 5. The number of aryl methyl sites for hydroxylation is 1. The molecular formula is C27H23FN4O2. The number of amides is 1. The highest BCUT2D eigenvalue weighted by molar-refractivity contribution is 6.35. The van der Waals surface area contributed by atoms with Crippen molar-refractivity contribution in [2.75, 3.05) is 12.0 Å². The van der Waals surface area contributed by atoms with Crippen LogP contribution >= 0.6 is 0 Å². The zero-order valence-corrected chi connectivity index (χ0v) is 19.1. The molecule has 0 spiro atoms. The molecule has 1 unspecified atom stereocenters. The lowest BCUT2D eigenvalue weighted by Gasteiger charge is -2.24. The highest BCUT2D eigenvalue weighted by atomic mass is 19.1. The standard InChI is InChI=1S/C27H23FN4O2/c1-17-15-31(16-30-17)24-11-6-19(14-25(24)34-3)13-23-22-5-4-12-29-26(22)32(27(23)33)18(2)20-7-9-21(28)10-8-20/h4-16,18H,1-3H3.